The Bertz CT molecular complexity index is 512. The number of nitrogens with zero attached hydrogens (tertiary/aromatic N) is 3. The molecule has 19 heavy (non-hydrogen) atoms. The van der Waals surface area contributed by atoms with Gasteiger partial charge in [0.2, 0.25) is 0 Å². The minimum absolute atomic E-state index is 0.187. The highest BCUT2D eigenvalue weighted by Gasteiger charge is 2.10. The number of rotatable bonds is 6. The van der Waals surface area contributed by atoms with Gasteiger partial charge in [0, 0.05) is 30.7 Å². The van der Waals surface area contributed by atoms with Crippen molar-refractivity contribution in [3.05, 3.63) is 41.2 Å². The Balaban J connectivity index is 1.87. The van der Waals surface area contributed by atoms with E-state index in [1.165, 1.54) is 0 Å². The molecule has 0 aliphatic heterocycles. The SMILES string of the molecule is CNC(COc1ccc(Cl)cc1)Cc1cn(C)nn1. The topological polar surface area (TPSA) is 52.0 Å². The number of likely N-dealkylation sites (N-methyl/N-ethyl adjacent to an activating group) is 1. The second kappa shape index (κ2) is 6.54. The van der Waals surface area contributed by atoms with Crippen molar-refractivity contribution in [2.75, 3.05) is 13.7 Å². The zero-order chi connectivity index (χ0) is 13.7. The summed E-state index contributed by atoms with van der Waals surface area (Å²) in [5.74, 6) is 0.809. The zero-order valence-electron chi connectivity index (χ0n) is 11.0. The van der Waals surface area contributed by atoms with E-state index in [4.69, 9.17) is 16.3 Å². The van der Waals surface area contributed by atoms with Gasteiger partial charge in [-0.15, -0.1) is 5.10 Å². The molecular formula is C13H17ClN4O. The van der Waals surface area contributed by atoms with Gasteiger partial charge in [0.1, 0.15) is 12.4 Å². The van der Waals surface area contributed by atoms with Crippen LogP contribution < -0.4 is 10.1 Å². The average molecular weight is 281 g/mol. The van der Waals surface area contributed by atoms with Crippen LogP contribution in [0.4, 0.5) is 0 Å². The van der Waals surface area contributed by atoms with E-state index in [-0.39, 0.29) is 6.04 Å². The molecule has 0 aliphatic rings. The number of ether oxygens (including phenoxy) is 1. The minimum atomic E-state index is 0.187. The van der Waals surface area contributed by atoms with Crippen molar-refractivity contribution in [2.24, 2.45) is 7.05 Å². The minimum Gasteiger partial charge on any atom is -0.492 e. The molecule has 0 saturated carbocycles. The van der Waals surface area contributed by atoms with E-state index in [9.17, 15) is 0 Å². The highest BCUT2D eigenvalue weighted by molar-refractivity contribution is 6.30. The normalized spacial score (nSPS) is 12.4. The van der Waals surface area contributed by atoms with E-state index in [0.29, 0.717) is 11.6 Å². The lowest BCUT2D eigenvalue weighted by molar-refractivity contribution is 0.269. The fourth-order valence-electron chi connectivity index (χ4n) is 1.71. The van der Waals surface area contributed by atoms with Crippen LogP contribution in [0.2, 0.25) is 5.02 Å². The third-order valence-corrected chi connectivity index (χ3v) is 3.03. The molecule has 6 heteroatoms. The lowest BCUT2D eigenvalue weighted by Crippen LogP contribution is -2.33. The van der Waals surface area contributed by atoms with Gasteiger partial charge in [-0.2, -0.15) is 0 Å². The summed E-state index contributed by atoms with van der Waals surface area (Å²) in [6.45, 7) is 0.564. The van der Waals surface area contributed by atoms with Crippen LogP contribution in [-0.4, -0.2) is 34.7 Å². The van der Waals surface area contributed by atoms with Gasteiger partial charge >= 0.3 is 0 Å². The Hall–Kier alpha value is -1.59. The predicted molar refractivity (Wildman–Crippen MR) is 74.5 cm³/mol. The summed E-state index contributed by atoms with van der Waals surface area (Å²) in [4.78, 5) is 0. The summed E-state index contributed by atoms with van der Waals surface area (Å²) in [5, 5.41) is 11.9. The molecule has 2 aromatic rings. The molecule has 5 nitrogen and oxygen atoms in total. The summed E-state index contributed by atoms with van der Waals surface area (Å²) >= 11 is 5.83. The fourth-order valence-corrected chi connectivity index (χ4v) is 1.84. The molecular weight excluding hydrogens is 264 g/mol. The maximum Gasteiger partial charge on any atom is 0.119 e. The number of hydrogen-bond acceptors (Lipinski definition) is 4. The van der Waals surface area contributed by atoms with Crippen LogP contribution in [0.25, 0.3) is 0 Å². The Morgan fingerprint density at radius 3 is 2.68 bits per heavy atom. The van der Waals surface area contributed by atoms with Crippen molar-refractivity contribution in [3.8, 4) is 5.75 Å². The van der Waals surface area contributed by atoms with Gasteiger partial charge in [-0.05, 0) is 31.3 Å². The molecule has 0 fully saturated rings. The predicted octanol–water partition coefficient (Wildman–Crippen LogP) is 1.68. The van der Waals surface area contributed by atoms with Crippen LogP contribution in [0.5, 0.6) is 5.75 Å². The smallest absolute Gasteiger partial charge is 0.119 e. The summed E-state index contributed by atoms with van der Waals surface area (Å²) in [6, 6.07) is 7.53. The molecule has 0 spiro atoms. The van der Waals surface area contributed by atoms with E-state index in [1.54, 1.807) is 4.68 Å². The molecule has 0 saturated heterocycles. The van der Waals surface area contributed by atoms with Crippen molar-refractivity contribution in [2.45, 2.75) is 12.5 Å². The standard InChI is InChI=1S/C13H17ClN4O/c1-15-12(7-11-8-18(2)17-16-11)9-19-13-5-3-10(14)4-6-13/h3-6,8,12,15H,7,9H2,1-2H3. The summed E-state index contributed by atoms with van der Waals surface area (Å²) in [5.41, 5.74) is 0.946. The van der Waals surface area contributed by atoms with Crippen LogP contribution in [0.15, 0.2) is 30.5 Å². The van der Waals surface area contributed by atoms with Crippen molar-refractivity contribution >= 4 is 11.6 Å². The molecule has 0 bridgehead atoms. The number of aromatic nitrogens is 3. The maximum atomic E-state index is 5.83. The first kappa shape index (κ1) is 13.8. The lowest BCUT2D eigenvalue weighted by atomic mass is 10.2. The molecule has 1 N–H and O–H groups in total. The van der Waals surface area contributed by atoms with Gasteiger partial charge in [0.05, 0.1) is 5.69 Å². The van der Waals surface area contributed by atoms with Crippen molar-refractivity contribution in [3.63, 3.8) is 0 Å². The van der Waals surface area contributed by atoms with Gasteiger partial charge in [0.25, 0.3) is 0 Å². The third kappa shape index (κ3) is 4.22. The van der Waals surface area contributed by atoms with Gasteiger partial charge in [-0.25, -0.2) is 0 Å². The van der Waals surface area contributed by atoms with E-state index in [0.717, 1.165) is 17.9 Å². The zero-order valence-corrected chi connectivity index (χ0v) is 11.8. The highest BCUT2D eigenvalue weighted by atomic mass is 35.5. The molecule has 1 aromatic heterocycles. The van der Waals surface area contributed by atoms with Crippen LogP contribution in [0, 0.1) is 0 Å². The Morgan fingerprint density at radius 1 is 1.37 bits per heavy atom. The largest absolute Gasteiger partial charge is 0.492 e. The van der Waals surface area contributed by atoms with E-state index < -0.39 is 0 Å². The quantitative estimate of drug-likeness (QED) is 0.875. The molecule has 0 amide bonds. The molecule has 0 radical (unpaired) electrons. The molecule has 1 heterocycles. The van der Waals surface area contributed by atoms with Crippen molar-refractivity contribution < 1.29 is 4.74 Å². The Kier molecular flexibility index (Phi) is 4.76. The van der Waals surface area contributed by atoms with Crippen LogP contribution in [0.1, 0.15) is 5.69 Å². The molecule has 1 atom stereocenters. The monoisotopic (exact) mass is 280 g/mol. The second-order valence-corrected chi connectivity index (χ2v) is 4.77. The average Bonchev–Trinajstić information content (AvgIpc) is 2.82. The van der Waals surface area contributed by atoms with Gasteiger partial charge in [-0.3, -0.25) is 4.68 Å². The number of hydrogen-bond donors (Lipinski definition) is 1. The molecule has 0 aliphatic carbocycles. The lowest BCUT2D eigenvalue weighted by Gasteiger charge is -2.15. The first-order valence-corrected chi connectivity index (χ1v) is 6.46. The fraction of sp³-hybridized carbons (Fsp3) is 0.385. The van der Waals surface area contributed by atoms with Gasteiger partial charge in [-0.1, -0.05) is 16.8 Å². The Labute approximate surface area is 117 Å². The van der Waals surface area contributed by atoms with Crippen LogP contribution in [-0.2, 0) is 13.5 Å². The number of halogens is 1. The molecule has 1 unspecified atom stereocenters. The van der Waals surface area contributed by atoms with Crippen molar-refractivity contribution in [1.29, 1.82) is 0 Å². The van der Waals surface area contributed by atoms with E-state index >= 15 is 0 Å². The Morgan fingerprint density at radius 2 is 2.11 bits per heavy atom. The first-order valence-electron chi connectivity index (χ1n) is 6.08. The van der Waals surface area contributed by atoms with E-state index in [2.05, 4.69) is 15.6 Å². The van der Waals surface area contributed by atoms with Gasteiger partial charge < -0.3 is 10.1 Å². The number of benzene rings is 1. The van der Waals surface area contributed by atoms with Crippen LogP contribution >= 0.6 is 11.6 Å². The summed E-state index contributed by atoms with van der Waals surface area (Å²) in [6.07, 6.45) is 2.69. The second-order valence-electron chi connectivity index (χ2n) is 4.34. The maximum absolute atomic E-state index is 5.83. The summed E-state index contributed by atoms with van der Waals surface area (Å²) in [7, 11) is 3.77. The van der Waals surface area contributed by atoms with Crippen LogP contribution in [0.3, 0.4) is 0 Å². The summed E-state index contributed by atoms with van der Waals surface area (Å²) < 4.78 is 7.41. The van der Waals surface area contributed by atoms with Gasteiger partial charge in [0.15, 0.2) is 0 Å². The van der Waals surface area contributed by atoms with E-state index in [1.807, 2.05) is 44.6 Å². The third-order valence-electron chi connectivity index (χ3n) is 2.78. The first-order chi connectivity index (χ1) is 9.17. The van der Waals surface area contributed by atoms with Crippen molar-refractivity contribution in [1.82, 2.24) is 20.3 Å². The number of aryl methyl sites for hydroxylation is 1. The number of nitrogens with one attached hydrogen (secondary N) is 1. The highest BCUT2D eigenvalue weighted by Crippen LogP contribution is 2.15. The molecule has 2 rings (SSSR count). The molecule has 1 aromatic carbocycles. The molecule has 102 valence electrons.